The summed E-state index contributed by atoms with van der Waals surface area (Å²) in [6.07, 6.45) is 5.88. The van der Waals surface area contributed by atoms with Crippen LogP contribution >= 0.6 is 0 Å². The normalized spacial score (nSPS) is 21.5. The molecular weight excluding hydrogens is 278 g/mol. The number of hydrogen-bond acceptors (Lipinski definition) is 4. The molecule has 1 saturated carbocycles. The Labute approximate surface area is 129 Å². The fourth-order valence-electron chi connectivity index (χ4n) is 3.24. The minimum Gasteiger partial charge on any atom is -0.469 e. The molecule has 0 unspecified atom stereocenters. The largest absolute Gasteiger partial charge is 0.469 e. The van der Waals surface area contributed by atoms with Crippen molar-refractivity contribution in [2.24, 2.45) is 11.8 Å². The van der Waals surface area contributed by atoms with Crippen molar-refractivity contribution in [1.82, 2.24) is 9.78 Å². The molecule has 1 heterocycles. The number of hydrogen-bond donors (Lipinski definition) is 0. The van der Waals surface area contributed by atoms with E-state index >= 15 is 0 Å². The summed E-state index contributed by atoms with van der Waals surface area (Å²) in [6, 6.07) is 7.71. The molecule has 0 saturated heterocycles. The van der Waals surface area contributed by atoms with Crippen molar-refractivity contribution in [3.8, 4) is 6.07 Å². The lowest BCUT2D eigenvalue weighted by Gasteiger charge is -2.26. The Kier molecular flexibility index (Phi) is 4.10. The van der Waals surface area contributed by atoms with E-state index in [1.165, 1.54) is 7.11 Å². The minimum atomic E-state index is -0.0766. The van der Waals surface area contributed by atoms with Crippen LogP contribution in [0.4, 0.5) is 0 Å². The number of esters is 1. The second-order valence-electron chi connectivity index (χ2n) is 5.98. The van der Waals surface area contributed by atoms with Crippen LogP contribution < -0.4 is 0 Å². The predicted octanol–water partition coefficient (Wildman–Crippen LogP) is 2.89. The van der Waals surface area contributed by atoms with Gasteiger partial charge in [0.15, 0.2) is 0 Å². The molecule has 1 aliphatic rings. The van der Waals surface area contributed by atoms with Crippen molar-refractivity contribution in [3.63, 3.8) is 0 Å². The Bertz CT molecular complexity index is 721. The minimum absolute atomic E-state index is 0.0659. The zero-order valence-electron chi connectivity index (χ0n) is 12.7. The molecule has 0 amide bonds. The quantitative estimate of drug-likeness (QED) is 0.817. The highest BCUT2D eigenvalue weighted by atomic mass is 16.5. The number of carbonyl (C=O) groups excluding carboxylic acids is 1. The third kappa shape index (κ3) is 2.96. The van der Waals surface area contributed by atoms with Gasteiger partial charge in [-0.2, -0.15) is 10.4 Å². The van der Waals surface area contributed by atoms with E-state index in [4.69, 9.17) is 10.00 Å². The molecule has 0 bridgehead atoms. The number of carbonyl (C=O) groups is 1. The number of aromatic nitrogens is 2. The summed E-state index contributed by atoms with van der Waals surface area (Å²) < 4.78 is 6.79. The van der Waals surface area contributed by atoms with Gasteiger partial charge in [-0.05, 0) is 49.8 Å². The van der Waals surface area contributed by atoms with E-state index < -0.39 is 0 Å². The summed E-state index contributed by atoms with van der Waals surface area (Å²) in [6.45, 7) is 0.866. The van der Waals surface area contributed by atoms with Crippen LogP contribution in [-0.4, -0.2) is 22.9 Å². The smallest absolute Gasteiger partial charge is 0.308 e. The Hall–Kier alpha value is -2.35. The highest BCUT2D eigenvalue weighted by Gasteiger charge is 2.27. The Morgan fingerprint density at radius 1 is 1.41 bits per heavy atom. The van der Waals surface area contributed by atoms with Crippen LogP contribution in [0.2, 0.25) is 0 Å². The van der Waals surface area contributed by atoms with Gasteiger partial charge in [-0.25, -0.2) is 0 Å². The highest BCUT2D eigenvalue weighted by Crippen LogP contribution is 2.30. The predicted molar refractivity (Wildman–Crippen MR) is 81.9 cm³/mol. The van der Waals surface area contributed by atoms with Gasteiger partial charge in [-0.3, -0.25) is 9.48 Å². The molecule has 0 aliphatic heterocycles. The summed E-state index contributed by atoms with van der Waals surface area (Å²) in [5.41, 5.74) is 1.50. The first kappa shape index (κ1) is 14.6. The summed E-state index contributed by atoms with van der Waals surface area (Å²) in [4.78, 5) is 11.5. The third-order valence-corrected chi connectivity index (χ3v) is 4.51. The molecule has 2 aromatic rings. The second-order valence-corrected chi connectivity index (χ2v) is 5.98. The molecule has 1 fully saturated rings. The Balaban J connectivity index is 1.65. The molecule has 114 valence electrons. The first-order chi connectivity index (χ1) is 10.7. The summed E-state index contributed by atoms with van der Waals surface area (Å²) >= 11 is 0. The zero-order valence-corrected chi connectivity index (χ0v) is 12.7. The molecule has 0 spiro atoms. The Morgan fingerprint density at radius 3 is 2.86 bits per heavy atom. The average Bonchev–Trinajstić information content (AvgIpc) is 2.95. The first-order valence-corrected chi connectivity index (χ1v) is 7.64. The molecule has 22 heavy (non-hydrogen) atoms. The molecule has 1 aliphatic carbocycles. The van der Waals surface area contributed by atoms with Crippen LogP contribution in [0.5, 0.6) is 0 Å². The fourth-order valence-corrected chi connectivity index (χ4v) is 3.24. The number of nitrogens with zero attached hydrogens (tertiary/aromatic N) is 3. The van der Waals surface area contributed by atoms with Crippen molar-refractivity contribution in [3.05, 3.63) is 30.0 Å². The van der Waals surface area contributed by atoms with E-state index in [9.17, 15) is 4.79 Å². The van der Waals surface area contributed by atoms with E-state index in [0.29, 0.717) is 11.5 Å². The number of benzene rings is 1. The maximum absolute atomic E-state index is 11.5. The summed E-state index contributed by atoms with van der Waals surface area (Å²) in [7, 11) is 1.46. The second kappa shape index (κ2) is 6.18. The van der Waals surface area contributed by atoms with Crippen LogP contribution in [-0.2, 0) is 16.1 Å². The van der Waals surface area contributed by atoms with Crippen LogP contribution in [0.1, 0.15) is 31.2 Å². The third-order valence-electron chi connectivity index (χ3n) is 4.51. The number of methoxy groups -OCH3 is 1. The van der Waals surface area contributed by atoms with Crippen LogP contribution in [0.25, 0.3) is 10.9 Å². The first-order valence-electron chi connectivity index (χ1n) is 7.64. The molecule has 5 nitrogen and oxygen atoms in total. The lowest BCUT2D eigenvalue weighted by Crippen LogP contribution is -2.25. The van der Waals surface area contributed by atoms with E-state index in [1.54, 1.807) is 0 Å². The molecule has 5 heteroatoms. The number of rotatable bonds is 3. The molecule has 1 aromatic carbocycles. The Morgan fingerprint density at radius 2 is 2.18 bits per heavy atom. The molecule has 0 radical (unpaired) electrons. The SMILES string of the molecule is COC(=O)[C@H]1CC[C@H](Cn2cc3ccc(C#N)cc3n2)CC1. The molecule has 0 N–H and O–H groups in total. The molecular formula is C17H19N3O2. The number of ether oxygens (including phenoxy) is 1. The van der Waals surface area contributed by atoms with E-state index in [-0.39, 0.29) is 11.9 Å². The van der Waals surface area contributed by atoms with Crippen molar-refractivity contribution in [2.45, 2.75) is 32.2 Å². The zero-order chi connectivity index (χ0) is 15.5. The summed E-state index contributed by atoms with van der Waals surface area (Å²) in [5.74, 6) is 0.536. The van der Waals surface area contributed by atoms with Gasteiger partial charge in [0, 0.05) is 18.1 Å². The van der Waals surface area contributed by atoms with Gasteiger partial charge >= 0.3 is 5.97 Å². The van der Waals surface area contributed by atoms with Gasteiger partial charge in [0.2, 0.25) is 0 Å². The standard InChI is InChI=1S/C17H19N3O2/c1-22-17(21)14-5-2-12(3-6-14)10-20-11-15-7-4-13(9-18)8-16(15)19-20/h4,7-8,11-12,14H,2-3,5-6,10H2,1H3/t12-,14-. The van der Waals surface area contributed by atoms with Crippen molar-refractivity contribution < 1.29 is 9.53 Å². The lowest BCUT2D eigenvalue weighted by atomic mass is 9.82. The van der Waals surface area contributed by atoms with Gasteiger partial charge in [-0.1, -0.05) is 0 Å². The van der Waals surface area contributed by atoms with Crippen molar-refractivity contribution in [1.29, 1.82) is 5.26 Å². The monoisotopic (exact) mass is 297 g/mol. The van der Waals surface area contributed by atoms with Gasteiger partial charge in [0.25, 0.3) is 0 Å². The number of nitriles is 1. The van der Waals surface area contributed by atoms with Crippen molar-refractivity contribution >= 4 is 16.9 Å². The maximum atomic E-state index is 11.5. The van der Waals surface area contributed by atoms with E-state index in [1.807, 2.05) is 29.1 Å². The lowest BCUT2D eigenvalue weighted by molar-refractivity contribution is -0.146. The average molecular weight is 297 g/mol. The van der Waals surface area contributed by atoms with Crippen LogP contribution in [0, 0.1) is 23.2 Å². The topological polar surface area (TPSA) is 67.9 Å². The fraction of sp³-hybridized carbons (Fsp3) is 0.471. The van der Waals surface area contributed by atoms with Gasteiger partial charge < -0.3 is 4.74 Å². The summed E-state index contributed by atoms with van der Waals surface area (Å²) in [5, 5.41) is 14.5. The van der Waals surface area contributed by atoms with E-state index in [0.717, 1.165) is 43.1 Å². The van der Waals surface area contributed by atoms with Gasteiger partial charge in [0.1, 0.15) is 0 Å². The highest BCUT2D eigenvalue weighted by molar-refractivity contribution is 5.79. The van der Waals surface area contributed by atoms with Crippen LogP contribution in [0.15, 0.2) is 24.4 Å². The molecule has 1 aromatic heterocycles. The van der Waals surface area contributed by atoms with E-state index in [2.05, 4.69) is 11.2 Å². The van der Waals surface area contributed by atoms with Gasteiger partial charge in [-0.15, -0.1) is 0 Å². The van der Waals surface area contributed by atoms with Gasteiger partial charge in [0.05, 0.1) is 30.2 Å². The maximum Gasteiger partial charge on any atom is 0.308 e. The van der Waals surface area contributed by atoms with Crippen LogP contribution in [0.3, 0.4) is 0 Å². The molecule has 3 rings (SSSR count). The van der Waals surface area contributed by atoms with Crippen molar-refractivity contribution in [2.75, 3.05) is 7.11 Å². The molecule has 0 atom stereocenters. The number of fused-ring (bicyclic) bond motifs is 1.